The Morgan fingerprint density at radius 2 is 1.71 bits per heavy atom. The third kappa shape index (κ3) is 5.16. The number of piperazine rings is 1. The lowest BCUT2D eigenvalue weighted by Crippen LogP contribution is -2.51. The fourth-order valence-electron chi connectivity index (χ4n) is 3.14. The summed E-state index contributed by atoms with van der Waals surface area (Å²) in [5.41, 5.74) is 9.04. The van der Waals surface area contributed by atoms with Gasteiger partial charge in [0, 0.05) is 49.0 Å². The average Bonchev–Trinajstić information content (AvgIpc) is 2.73. The van der Waals surface area contributed by atoms with Gasteiger partial charge in [-0.15, -0.1) is 0 Å². The lowest BCUT2D eigenvalue weighted by molar-refractivity contribution is 0.0956. The zero-order valence-electron chi connectivity index (χ0n) is 16.1. The van der Waals surface area contributed by atoms with Gasteiger partial charge in [-0.3, -0.25) is 4.79 Å². The van der Waals surface area contributed by atoms with Gasteiger partial charge in [0.2, 0.25) is 0 Å². The van der Waals surface area contributed by atoms with Crippen molar-refractivity contribution in [2.24, 2.45) is 10.7 Å². The van der Waals surface area contributed by atoms with Crippen LogP contribution in [0.4, 0.5) is 5.69 Å². The van der Waals surface area contributed by atoms with Gasteiger partial charge < -0.3 is 20.9 Å². The molecule has 0 saturated carbocycles. The van der Waals surface area contributed by atoms with E-state index in [-0.39, 0.29) is 5.91 Å². The van der Waals surface area contributed by atoms with Crippen LogP contribution in [0.5, 0.6) is 0 Å². The number of hydrogen-bond donors (Lipinski definition) is 2. The van der Waals surface area contributed by atoms with Gasteiger partial charge in [-0.1, -0.05) is 23.7 Å². The number of halogens is 1. The molecule has 1 amide bonds. The number of rotatable bonds is 5. The highest BCUT2D eigenvalue weighted by Gasteiger charge is 2.18. The van der Waals surface area contributed by atoms with Gasteiger partial charge in [0.25, 0.3) is 5.91 Å². The number of carbonyl (C=O) groups is 1. The van der Waals surface area contributed by atoms with Gasteiger partial charge in [0.05, 0.1) is 6.54 Å². The molecule has 1 fully saturated rings. The van der Waals surface area contributed by atoms with Crippen LogP contribution in [-0.2, 0) is 6.54 Å². The van der Waals surface area contributed by atoms with Crippen molar-refractivity contribution < 1.29 is 4.79 Å². The quantitative estimate of drug-likeness (QED) is 0.599. The van der Waals surface area contributed by atoms with Gasteiger partial charge in [-0.25, -0.2) is 4.99 Å². The van der Waals surface area contributed by atoms with E-state index in [0.29, 0.717) is 24.6 Å². The van der Waals surface area contributed by atoms with E-state index in [2.05, 4.69) is 20.1 Å². The minimum atomic E-state index is -0.0596. The lowest BCUT2D eigenvalue weighted by atomic mass is 10.1. The molecule has 28 heavy (non-hydrogen) atoms. The minimum absolute atomic E-state index is 0.0596. The number of nitrogens with two attached hydrogens (primary N) is 1. The Labute approximate surface area is 171 Å². The summed E-state index contributed by atoms with van der Waals surface area (Å²) in [7, 11) is 0. The van der Waals surface area contributed by atoms with Gasteiger partial charge in [-0.2, -0.15) is 0 Å². The van der Waals surface area contributed by atoms with E-state index in [1.807, 2.05) is 55.5 Å². The minimum Gasteiger partial charge on any atom is -0.370 e. The second-order valence-electron chi connectivity index (χ2n) is 6.68. The van der Waals surface area contributed by atoms with Crippen molar-refractivity contribution in [1.82, 2.24) is 10.2 Å². The van der Waals surface area contributed by atoms with Crippen LogP contribution in [0.1, 0.15) is 22.8 Å². The Balaban J connectivity index is 1.52. The Morgan fingerprint density at radius 3 is 2.32 bits per heavy atom. The molecular weight excluding hydrogens is 374 g/mol. The summed E-state index contributed by atoms with van der Waals surface area (Å²) in [6.45, 7) is 6.45. The lowest BCUT2D eigenvalue weighted by Gasteiger charge is -2.36. The summed E-state index contributed by atoms with van der Waals surface area (Å²) >= 11 is 5.96. The van der Waals surface area contributed by atoms with Gasteiger partial charge in [0.1, 0.15) is 0 Å². The summed E-state index contributed by atoms with van der Waals surface area (Å²) < 4.78 is 0. The van der Waals surface area contributed by atoms with Crippen LogP contribution in [0, 0.1) is 0 Å². The number of amides is 1. The molecule has 3 rings (SSSR count). The molecule has 1 aliphatic rings. The SMILES string of the molecule is CCNC(=O)c1ccc(CN=C(N)N2CCN(c3ccc(Cl)cc3)CC2)cc1. The normalized spacial score (nSPS) is 14.9. The number of benzene rings is 2. The highest BCUT2D eigenvalue weighted by molar-refractivity contribution is 6.30. The molecule has 0 aromatic heterocycles. The summed E-state index contributed by atoms with van der Waals surface area (Å²) in [6.07, 6.45) is 0. The number of nitrogens with one attached hydrogen (secondary N) is 1. The second kappa shape index (κ2) is 9.46. The molecule has 2 aromatic rings. The van der Waals surface area contributed by atoms with Gasteiger partial charge in [0.15, 0.2) is 5.96 Å². The van der Waals surface area contributed by atoms with E-state index >= 15 is 0 Å². The summed E-state index contributed by atoms with van der Waals surface area (Å²) in [5.74, 6) is 0.499. The maximum absolute atomic E-state index is 11.8. The first kappa shape index (κ1) is 20.0. The summed E-state index contributed by atoms with van der Waals surface area (Å²) in [6, 6.07) is 15.4. The molecule has 1 heterocycles. The highest BCUT2D eigenvalue weighted by atomic mass is 35.5. The fraction of sp³-hybridized carbons (Fsp3) is 0.333. The predicted octanol–water partition coefficient (Wildman–Crippen LogP) is 2.73. The highest BCUT2D eigenvalue weighted by Crippen LogP contribution is 2.19. The summed E-state index contributed by atoms with van der Waals surface area (Å²) in [4.78, 5) is 20.7. The fourth-order valence-corrected chi connectivity index (χ4v) is 3.27. The van der Waals surface area contributed by atoms with E-state index in [1.54, 1.807) is 0 Å². The first-order chi connectivity index (χ1) is 13.6. The number of hydrogen-bond acceptors (Lipinski definition) is 3. The molecule has 1 saturated heterocycles. The third-order valence-electron chi connectivity index (χ3n) is 4.77. The number of carbonyl (C=O) groups excluding carboxylic acids is 1. The zero-order chi connectivity index (χ0) is 19.9. The van der Waals surface area contributed by atoms with Crippen molar-refractivity contribution in [3.05, 3.63) is 64.7 Å². The molecule has 0 aliphatic carbocycles. The maximum Gasteiger partial charge on any atom is 0.251 e. The third-order valence-corrected chi connectivity index (χ3v) is 5.02. The number of anilines is 1. The average molecular weight is 400 g/mol. The monoisotopic (exact) mass is 399 g/mol. The first-order valence-electron chi connectivity index (χ1n) is 9.49. The number of aliphatic imine (C=N–C) groups is 1. The molecule has 3 N–H and O–H groups in total. The van der Waals surface area contributed by atoms with E-state index in [4.69, 9.17) is 17.3 Å². The van der Waals surface area contributed by atoms with Crippen molar-refractivity contribution in [1.29, 1.82) is 0 Å². The van der Waals surface area contributed by atoms with E-state index in [1.165, 1.54) is 5.69 Å². The molecular formula is C21H26ClN5O. The second-order valence-corrected chi connectivity index (χ2v) is 7.12. The van der Waals surface area contributed by atoms with E-state index in [0.717, 1.165) is 36.8 Å². The first-order valence-corrected chi connectivity index (χ1v) is 9.87. The molecule has 0 spiro atoms. The molecule has 2 aromatic carbocycles. The number of nitrogens with zero attached hydrogens (tertiary/aromatic N) is 3. The molecule has 1 aliphatic heterocycles. The van der Waals surface area contributed by atoms with Crippen LogP contribution in [0.15, 0.2) is 53.5 Å². The number of guanidine groups is 1. The Hall–Kier alpha value is -2.73. The van der Waals surface area contributed by atoms with Crippen LogP contribution in [0.25, 0.3) is 0 Å². The van der Waals surface area contributed by atoms with Crippen LogP contribution in [0.2, 0.25) is 5.02 Å². The van der Waals surface area contributed by atoms with Crippen molar-refractivity contribution in [3.63, 3.8) is 0 Å². The Bertz CT molecular complexity index is 812. The Kier molecular flexibility index (Phi) is 6.76. The smallest absolute Gasteiger partial charge is 0.251 e. The van der Waals surface area contributed by atoms with Crippen LogP contribution < -0.4 is 16.0 Å². The molecule has 0 atom stereocenters. The molecule has 7 heteroatoms. The molecule has 6 nitrogen and oxygen atoms in total. The maximum atomic E-state index is 11.8. The predicted molar refractivity (Wildman–Crippen MR) is 115 cm³/mol. The molecule has 0 bridgehead atoms. The molecule has 148 valence electrons. The van der Waals surface area contributed by atoms with Crippen LogP contribution >= 0.6 is 11.6 Å². The van der Waals surface area contributed by atoms with E-state index < -0.39 is 0 Å². The van der Waals surface area contributed by atoms with Gasteiger partial charge >= 0.3 is 0 Å². The van der Waals surface area contributed by atoms with Crippen LogP contribution in [0.3, 0.4) is 0 Å². The topological polar surface area (TPSA) is 74.0 Å². The van der Waals surface area contributed by atoms with Crippen molar-refractivity contribution in [2.75, 3.05) is 37.6 Å². The van der Waals surface area contributed by atoms with Crippen molar-refractivity contribution >= 4 is 29.2 Å². The molecule has 0 radical (unpaired) electrons. The zero-order valence-corrected chi connectivity index (χ0v) is 16.8. The largest absolute Gasteiger partial charge is 0.370 e. The standard InChI is InChI=1S/C21H26ClN5O/c1-2-24-20(28)17-5-3-16(4-6-17)15-25-21(23)27-13-11-26(12-14-27)19-9-7-18(22)8-10-19/h3-10H,2,11-15H2,1H3,(H2,23,25)(H,24,28). The molecule has 0 unspecified atom stereocenters. The Morgan fingerprint density at radius 1 is 1.07 bits per heavy atom. The van der Waals surface area contributed by atoms with Crippen molar-refractivity contribution in [2.45, 2.75) is 13.5 Å². The van der Waals surface area contributed by atoms with Crippen molar-refractivity contribution in [3.8, 4) is 0 Å². The van der Waals surface area contributed by atoms with Crippen LogP contribution in [-0.4, -0.2) is 49.5 Å². The van der Waals surface area contributed by atoms with Gasteiger partial charge in [-0.05, 0) is 48.9 Å². The summed E-state index contributed by atoms with van der Waals surface area (Å²) in [5, 5.41) is 3.54. The van der Waals surface area contributed by atoms with E-state index in [9.17, 15) is 4.79 Å².